The lowest BCUT2D eigenvalue weighted by molar-refractivity contribution is -0.113. The van der Waals surface area contributed by atoms with E-state index >= 15 is 0 Å². The van der Waals surface area contributed by atoms with Crippen molar-refractivity contribution < 1.29 is 4.79 Å². The first-order valence-corrected chi connectivity index (χ1v) is 9.05. The molecule has 7 heteroatoms. The molecular weight excluding hydrogens is 356 g/mol. The van der Waals surface area contributed by atoms with Crippen molar-refractivity contribution in [1.29, 1.82) is 0 Å². The molecule has 3 rings (SSSR count). The van der Waals surface area contributed by atoms with Gasteiger partial charge in [0.1, 0.15) is 0 Å². The van der Waals surface area contributed by atoms with E-state index in [4.69, 9.17) is 11.6 Å². The maximum absolute atomic E-state index is 12.2. The van der Waals surface area contributed by atoms with Crippen LogP contribution >= 0.6 is 23.4 Å². The molecule has 1 aromatic carbocycles. The third-order valence-electron chi connectivity index (χ3n) is 3.58. The second-order valence-corrected chi connectivity index (χ2v) is 6.85. The molecule has 2 heterocycles. The maximum Gasteiger partial charge on any atom is 0.234 e. The lowest BCUT2D eigenvalue weighted by atomic mass is 10.1. The summed E-state index contributed by atoms with van der Waals surface area (Å²) in [4.78, 5) is 20.5. The second-order valence-electron chi connectivity index (χ2n) is 5.55. The summed E-state index contributed by atoms with van der Waals surface area (Å²) in [7, 11) is 0. The summed E-state index contributed by atoms with van der Waals surface area (Å²) < 4.78 is 1.99. The van der Waals surface area contributed by atoms with Crippen molar-refractivity contribution in [3.05, 3.63) is 65.2 Å². The molecule has 0 aliphatic rings. The Morgan fingerprint density at radius 3 is 2.84 bits per heavy atom. The molecule has 128 valence electrons. The summed E-state index contributed by atoms with van der Waals surface area (Å²) in [6.45, 7) is 4.13. The number of rotatable bonds is 5. The summed E-state index contributed by atoms with van der Waals surface area (Å²) in [6, 6.07) is 9.69. The zero-order chi connectivity index (χ0) is 17.8. The van der Waals surface area contributed by atoms with Crippen LogP contribution in [0.5, 0.6) is 0 Å². The lowest BCUT2D eigenvalue weighted by Crippen LogP contribution is -2.15. The summed E-state index contributed by atoms with van der Waals surface area (Å²) in [5, 5.41) is 3.80. The summed E-state index contributed by atoms with van der Waals surface area (Å²) in [6.07, 6.45) is 5.21. The van der Waals surface area contributed by atoms with Gasteiger partial charge in [0.15, 0.2) is 10.3 Å². The fourth-order valence-electron chi connectivity index (χ4n) is 2.45. The van der Waals surface area contributed by atoms with Crippen LogP contribution in [0.25, 0.3) is 5.69 Å². The summed E-state index contributed by atoms with van der Waals surface area (Å²) in [5.41, 5.74) is 3.93. The van der Waals surface area contributed by atoms with E-state index in [-0.39, 0.29) is 16.8 Å². The minimum absolute atomic E-state index is 0.157. The van der Waals surface area contributed by atoms with Crippen LogP contribution in [0.4, 0.5) is 5.69 Å². The molecule has 0 saturated carbocycles. The van der Waals surface area contributed by atoms with Crippen LogP contribution in [0.2, 0.25) is 5.15 Å². The normalized spacial score (nSPS) is 10.7. The van der Waals surface area contributed by atoms with Crippen LogP contribution in [-0.2, 0) is 4.79 Å². The van der Waals surface area contributed by atoms with E-state index in [1.807, 2.05) is 10.8 Å². The fourth-order valence-corrected chi connectivity index (χ4v) is 3.38. The number of hydrogen-bond donors (Lipinski definition) is 1. The number of nitrogens with zero attached hydrogens (tertiary/aromatic N) is 3. The maximum atomic E-state index is 12.2. The monoisotopic (exact) mass is 372 g/mol. The van der Waals surface area contributed by atoms with Crippen molar-refractivity contribution in [3.63, 3.8) is 0 Å². The third kappa shape index (κ3) is 4.21. The van der Waals surface area contributed by atoms with Gasteiger partial charge in [-0.1, -0.05) is 41.1 Å². The van der Waals surface area contributed by atoms with Crippen molar-refractivity contribution in [3.8, 4) is 5.69 Å². The van der Waals surface area contributed by atoms with Gasteiger partial charge in [0, 0.05) is 18.6 Å². The molecule has 1 amide bonds. The van der Waals surface area contributed by atoms with Gasteiger partial charge < -0.3 is 5.32 Å². The molecule has 0 fully saturated rings. The molecule has 0 spiro atoms. The van der Waals surface area contributed by atoms with E-state index in [0.29, 0.717) is 5.69 Å². The van der Waals surface area contributed by atoms with Crippen molar-refractivity contribution in [2.24, 2.45) is 0 Å². The highest BCUT2D eigenvalue weighted by Crippen LogP contribution is 2.24. The Kier molecular flexibility index (Phi) is 5.40. The number of amides is 1. The smallest absolute Gasteiger partial charge is 0.234 e. The molecule has 0 saturated heterocycles. The molecule has 0 bridgehead atoms. The summed E-state index contributed by atoms with van der Waals surface area (Å²) >= 11 is 7.33. The van der Waals surface area contributed by atoms with E-state index in [0.717, 1.165) is 16.4 Å². The fraction of sp³-hybridized carbons (Fsp3) is 0.167. The van der Waals surface area contributed by atoms with Crippen LogP contribution in [0.3, 0.4) is 0 Å². The number of thioether (sulfide) groups is 1. The number of hydrogen-bond acceptors (Lipinski definition) is 4. The van der Waals surface area contributed by atoms with E-state index < -0.39 is 0 Å². The molecule has 2 aromatic heterocycles. The number of anilines is 1. The number of carbonyl (C=O) groups is 1. The highest BCUT2D eigenvalue weighted by molar-refractivity contribution is 7.99. The van der Waals surface area contributed by atoms with Gasteiger partial charge in [0.05, 0.1) is 17.1 Å². The largest absolute Gasteiger partial charge is 0.323 e. The Hall–Kier alpha value is -2.31. The van der Waals surface area contributed by atoms with Crippen LogP contribution in [-0.4, -0.2) is 26.2 Å². The highest BCUT2D eigenvalue weighted by Gasteiger charge is 2.12. The molecule has 5 nitrogen and oxygen atoms in total. The van der Waals surface area contributed by atoms with Crippen LogP contribution in [0.15, 0.2) is 54.1 Å². The van der Waals surface area contributed by atoms with Gasteiger partial charge in [-0.3, -0.25) is 9.36 Å². The van der Waals surface area contributed by atoms with Gasteiger partial charge in [-0.15, -0.1) is 0 Å². The quantitative estimate of drug-likeness (QED) is 0.536. The first kappa shape index (κ1) is 17.5. The standard InChI is InChI=1S/C18H17ClN4OS/c1-12-5-6-15(13(2)10-12)23-9-8-21-18(23)25-11-16(24)22-14-4-3-7-20-17(14)19/h3-10H,11H2,1-2H3,(H,22,24). The topological polar surface area (TPSA) is 59.8 Å². The molecule has 0 atom stereocenters. The SMILES string of the molecule is Cc1ccc(-n2ccnc2SCC(=O)Nc2cccnc2Cl)c(C)c1. The van der Waals surface area contributed by atoms with Crippen LogP contribution in [0, 0.1) is 13.8 Å². The average molecular weight is 373 g/mol. The Labute approximate surface area is 155 Å². The first-order chi connectivity index (χ1) is 12.0. The number of pyridine rings is 1. The number of imidazole rings is 1. The van der Waals surface area contributed by atoms with Gasteiger partial charge in [-0.05, 0) is 37.6 Å². The predicted octanol–water partition coefficient (Wildman–Crippen LogP) is 4.27. The number of aromatic nitrogens is 3. The Morgan fingerprint density at radius 2 is 2.08 bits per heavy atom. The number of benzene rings is 1. The van der Waals surface area contributed by atoms with Crippen LogP contribution in [0.1, 0.15) is 11.1 Å². The Balaban J connectivity index is 1.69. The van der Waals surface area contributed by atoms with Gasteiger partial charge in [0.25, 0.3) is 0 Å². The van der Waals surface area contributed by atoms with Crippen molar-refractivity contribution in [2.45, 2.75) is 19.0 Å². The zero-order valence-electron chi connectivity index (χ0n) is 13.9. The van der Waals surface area contributed by atoms with E-state index in [1.54, 1.807) is 24.5 Å². The Bertz CT molecular complexity index is 910. The average Bonchev–Trinajstić information content (AvgIpc) is 3.03. The van der Waals surface area contributed by atoms with Gasteiger partial charge >= 0.3 is 0 Å². The number of carbonyl (C=O) groups excluding carboxylic acids is 1. The van der Waals surface area contributed by atoms with E-state index in [1.165, 1.54) is 17.3 Å². The van der Waals surface area contributed by atoms with Gasteiger partial charge in [0.2, 0.25) is 5.91 Å². The van der Waals surface area contributed by atoms with Crippen molar-refractivity contribution >= 4 is 35.0 Å². The molecule has 0 aliphatic carbocycles. The van der Waals surface area contributed by atoms with Crippen molar-refractivity contribution in [1.82, 2.24) is 14.5 Å². The molecule has 3 aromatic rings. The molecule has 1 N–H and O–H groups in total. The van der Waals surface area contributed by atoms with E-state index in [9.17, 15) is 4.79 Å². The van der Waals surface area contributed by atoms with Gasteiger partial charge in [-0.2, -0.15) is 0 Å². The van der Waals surface area contributed by atoms with E-state index in [2.05, 4.69) is 47.3 Å². The minimum atomic E-state index is -0.157. The molecule has 0 unspecified atom stereocenters. The third-order valence-corrected chi connectivity index (χ3v) is 4.85. The highest BCUT2D eigenvalue weighted by atomic mass is 35.5. The molecule has 25 heavy (non-hydrogen) atoms. The number of nitrogens with one attached hydrogen (secondary N) is 1. The zero-order valence-corrected chi connectivity index (χ0v) is 15.4. The number of halogens is 1. The summed E-state index contributed by atoms with van der Waals surface area (Å²) in [5.74, 6) is 0.0720. The predicted molar refractivity (Wildman–Crippen MR) is 102 cm³/mol. The molecule has 0 aliphatic heterocycles. The minimum Gasteiger partial charge on any atom is -0.323 e. The van der Waals surface area contributed by atoms with Crippen molar-refractivity contribution in [2.75, 3.05) is 11.1 Å². The second kappa shape index (κ2) is 7.72. The lowest BCUT2D eigenvalue weighted by Gasteiger charge is -2.11. The molecule has 0 radical (unpaired) electrons. The first-order valence-electron chi connectivity index (χ1n) is 7.69. The number of aryl methyl sites for hydroxylation is 2. The van der Waals surface area contributed by atoms with Crippen LogP contribution < -0.4 is 5.32 Å². The molecular formula is C18H17ClN4OS. The van der Waals surface area contributed by atoms with Gasteiger partial charge in [-0.25, -0.2) is 9.97 Å². The Morgan fingerprint density at radius 1 is 1.24 bits per heavy atom.